The minimum absolute atomic E-state index is 0.0914. The standard InChI is InChI=1S/C33H25Cl/c1-33(2)30-15-9-14-26(22-10-5-3-6-11-22)32(30)29-20-27(23-12-7-4-8-13-23)28(21-31(29)33)24-16-18-25(34)19-17-24/h3-21H,1-2H3. The molecule has 34 heavy (non-hydrogen) atoms. The molecule has 164 valence electrons. The van der Waals surface area contributed by atoms with E-state index in [1.165, 1.54) is 55.6 Å². The lowest BCUT2D eigenvalue weighted by Crippen LogP contribution is -2.15. The van der Waals surface area contributed by atoms with Crippen LogP contribution in [0.4, 0.5) is 0 Å². The third kappa shape index (κ3) is 3.30. The Morgan fingerprint density at radius 3 is 1.68 bits per heavy atom. The molecule has 0 spiro atoms. The molecule has 0 aliphatic heterocycles. The monoisotopic (exact) mass is 456 g/mol. The lowest BCUT2D eigenvalue weighted by molar-refractivity contribution is 0.661. The Bertz CT molecular complexity index is 1490. The molecule has 0 saturated heterocycles. The molecule has 0 atom stereocenters. The van der Waals surface area contributed by atoms with Crippen molar-refractivity contribution >= 4 is 11.6 Å². The molecule has 0 heterocycles. The maximum Gasteiger partial charge on any atom is 0.0406 e. The summed E-state index contributed by atoms with van der Waals surface area (Å²) in [6.45, 7) is 4.69. The molecule has 0 nitrogen and oxygen atoms in total. The van der Waals surface area contributed by atoms with Gasteiger partial charge in [0, 0.05) is 10.4 Å². The Kier molecular flexibility index (Phi) is 4.94. The molecule has 0 amide bonds. The highest BCUT2D eigenvalue weighted by Crippen LogP contribution is 2.54. The highest BCUT2D eigenvalue weighted by atomic mass is 35.5. The molecule has 0 N–H and O–H groups in total. The summed E-state index contributed by atoms with van der Waals surface area (Å²) in [7, 11) is 0. The third-order valence-corrected chi connectivity index (χ3v) is 7.41. The molecule has 0 unspecified atom stereocenters. The fourth-order valence-electron chi connectivity index (χ4n) is 5.42. The van der Waals surface area contributed by atoms with Crippen LogP contribution in [0.5, 0.6) is 0 Å². The second-order valence-corrected chi connectivity index (χ2v) is 9.97. The highest BCUT2D eigenvalue weighted by Gasteiger charge is 2.37. The van der Waals surface area contributed by atoms with E-state index in [9.17, 15) is 0 Å². The van der Waals surface area contributed by atoms with Crippen molar-refractivity contribution in [3.05, 3.63) is 131 Å². The van der Waals surface area contributed by atoms with Gasteiger partial charge in [-0.1, -0.05) is 116 Å². The van der Waals surface area contributed by atoms with Gasteiger partial charge in [0.25, 0.3) is 0 Å². The zero-order valence-electron chi connectivity index (χ0n) is 19.3. The normalized spacial score (nSPS) is 13.4. The number of rotatable bonds is 3. The Morgan fingerprint density at radius 1 is 0.471 bits per heavy atom. The number of halogens is 1. The SMILES string of the molecule is CC1(C)c2cc(-c3ccc(Cl)cc3)c(-c3ccccc3)cc2-c2c(-c3ccccc3)cccc21. The predicted molar refractivity (Wildman–Crippen MR) is 145 cm³/mol. The number of hydrogen-bond acceptors (Lipinski definition) is 0. The van der Waals surface area contributed by atoms with E-state index >= 15 is 0 Å². The van der Waals surface area contributed by atoms with Gasteiger partial charge in [-0.25, -0.2) is 0 Å². The van der Waals surface area contributed by atoms with Crippen LogP contribution >= 0.6 is 11.6 Å². The maximum atomic E-state index is 6.23. The van der Waals surface area contributed by atoms with E-state index in [4.69, 9.17) is 11.6 Å². The zero-order chi connectivity index (χ0) is 23.3. The van der Waals surface area contributed by atoms with Crippen LogP contribution < -0.4 is 0 Å². The maximum absolute atomic E-state index is 6.23. The summed E-state index contributed by atoms with van der Waals surface area (Å²) in [6.07, 6.45) is 0. The summed E-state index contributed by atoms with van der Waals surface area (Å²) in [5, 5.41) is 0.756. The van der Waals surface area contributed by atoms with Crippen molar-refractivity contribution in [1.82, 2.24) is 0 Å². The molecule has 0 saturated carbocycles. The van der Waals surface area contributed by atoms with E-state index in [0.29, 0.717) is 0 Å². The molecule has 0 fully saturated rings. The largest absolute Gasteiger partial charge is 0.0843 e. The summed E-state index contributed by atoms with van der Waals surface area (Å²) in [5.74, 6) is 0. The average molecular weight is 457 g/mol. The third-order valence-electron chi connectivity index (χ3n) is 7.16. The smallest absolute Gasteiger partial charge is 0.0406 e. The average Bonchev–Trinajstić information content (AvgIpc) is 3.11. The van der Waals surface area contributed by atoms with E-state index < -0.39 is 0 Å². The lowest BCUT2D eigenvalue weighted by Gasteiger charge is -2.23. The Hall–Kier alpha value is -3.61. The Morgan fingerprint density at radius 2 is 1.03 bits per heavy atom. The first-order valence-corrected chi connectivity index (χ1v) is 12.1. The van der Waals surface area contributed by atoms with Gasteiger partial charge < -0.3 is 0 Å². The van der Waals surface area contributed by atoms with Crippen LogP contribution in [0.3, 0.4) is 0 Å². The fourth-order valence-corrected chi connectivity index (χ4v) is 5.54. The lowest BCUT2D eigenvalue weighted by atomic mass is 9.80. The highest BCUT2D eigenvalue weighted by molar-refractivity contribution is 6.30. The minimum Gasteiger partial charge on any atom is -0.0843 e. The van der Waals surface area contributed by atoms with Gasteiger partial charge in [-0.05, 0) is 79.9 Å². The summed E-state index contributed by atoms with van der Waals surface area (Å²) >= 11 is 6.23. The van der Waals surface area contributed by atoms with Crippen molar-refractivity contribution < 1.29 is 0 Å². The topological polar surface area (TPSA) is 0 Å². The first-order chi connectivity index (χ1) is 16.5. The van der Waals surface area contributed by atoms with Gasteiger partial charge in [-0.2, -0.15) is 0 Å². The van der Waals surface area contributed by atoms with Gasteiger partial charge in [-0.3, -0.25) is 0 Å². The van der Waals surface area contributed by atoms with Crippen molar-refractivity contribution in [2.24, 2.45) is 0 Å². The van der Waals surface area contributed by atoms with Crippen molar-refractivity contribution in [3.63, 3.8) is 0 Å². The minimum atomic E-state index is -0.0914. The fraction of sp³-hybridized carbons (Fsp3) is 0.0909. The summed E-state index contributed by atoms with van der Waals surface area (Å²) < 4.78 is 0. The quantitative estimate of drug-likeness (QED) is 0.253. The first kappa shape index (κ1) is 21.0. The van der Waals surface area contributed by atoms with Gasteiger partial charge >= 0.3 is 0 Å². The van der Waals surface area contributed by atoms with Crippen molar-refractivity contribution in [3.8, 4) is 44.5 Å². The number of fused-ring (bicyclic) bond motifs is 3. The molecule has 1 heteroatoms. The molecular formula is C33H25Cl. The molecule has 1 aliphatic rings. The van der Waals surface area contributed by atoms with Crippen LogP contribution in [0.25, 0.3) is 44.5 Å². The van der Waals surface area contributed by atoms with Crippen molar-refractivity contribution in [1.29, 1.82) is 0 Å². The summed E-state index contributed by atoms with van der Waals surface area (Å²) in [6, 6.07) is 41.2. The van der Waals surface area contributed by atoms with Crippen LogP contribution in [-0.4, -0.2) is 0 Å². The second-order valence-electron chi connectivity index (χ2n) is 9.54. The van der Waals surface area contributed by atoms with Gasteiger partial charge in [0.1, 0.15) is 0 Å². The molecule has 0 aromatic heterocycles. The van der Waals surface area contributed by atoms with E-state index in [2.05, 4.69) is 117 Å². The van der Waals surface area contributed by atoms with Crippen LogP contribution in [0.2, 0.25) is 5.02 Å². The van der Waals surface area contributed by atoms with E-state index in [1.807, 2.05) is 12.1 Å². The van der Waals surface area contributed by atoms with Gasteiger partial charge in [0.2, 0.25) is 0 Å². The van der Waals surface area contributed by atoms with Crippen molar-refractivity contribution in [2.45, 2.75) is 19.3 Å². The van der Waals surface area contributed by atoms with Crippen LogP contribution in [0.1, 0.15) is 25.0 Å². The Balaban J connectivity index is 1.68. The molecule has 6 rings (SSSR count). The molecule has 1 aliphatic carbocycles. The van der Waals surface area contributed by atoms with Gasteiger partial charge in [0.05, 0.1) is 0 Å². The molecule has 0 bridgehead atoms. The van der Waals surface area contributed by atoms with Crippen LogP contribution in [0, 0.1) is 0 Å². The molecular weight excluding hydrogens is 432 g/mol. The number of hydrogen-bond donors (Lipinski definition) is 0. The van der Waals surface area contributed by atoms with Crippen LogP contribution in [0.15, 0.2) is 115 Å². The molecule has 5 aromatic carbocycles. The zero-order valence-corrected chi connectivity index (χ0v) is 20.1. The van der Waals surface area contributed by atoms with Crippen molar-refractivity contribution in [2.75, 3.05) is 0 Å². The predicted octanol–water partition coefficient (Wildman–Crippen LogP) is 9.65. The molecule has 5 aromatic rings. The number of benzene rings is 5. The molecule has 0 radical (unpaired) electrons. The van der Waals surface area contributed by atoms with Crippen LogP contribution in [-0.2, 0) is 5.41 Å². The Labute approximate surface area is 206 Å². The first-order valence-electron chi connectivity index (χ1n) is 11.7. The summed E-state index contributed by atoms with van der Waals surface area (Å²) in [4.78, 5) is 0. The second kappa shape index (κ2) is 8.01. The van der Waals surface area contributed by atoms with E-state index in [-0.39, 0.29) is 5.41 Å². The summed E-state index contributed by atoms with van der Waals surface area (Å²) in [5.41, 5.74) is 12.8. The van der Waals surface area contributed by atoms with E-state index in [1.54, 1.807) is 0 Å². The van der Waals surface area contributed by atoms with Gasteiger partial charge in [-0.15, -0.1) is 0 Å². The van der Waals surface area contributed by atoms with Gasteiger partial charge in [0.15, 0.2) is 0 Å². The van der Waals surface area contributed by atoms with E-state index in [0.717, 1.165) is 5.02 Å².